The Hall–Kier alpha value is -2.69. The van der Waals surface area contributed by atoms with Gasteiger partial charge in [-0.05, 0) is 36.4 Å². The van der Waals surface area contributed by atoms with Crippen molar-refractivity contribution >= 4 is 0 Å². The van der Waals surface area contributed by atoms with Gasteiger partial charge in [-0.25, -0.2) is 4.68 Å². The second-order valence-corrected chi connectivity index (χ2v) is 4.35. The second-order valence-electron chi connectivity index (χ2n) is 4.35. The highest BCUT2D eigenvalue weighted by molar-refractivity contribution is 5.58. The summed E-state index contributed by atoms with van der Waals surface area (Å²) in [5.41, 5.74) is 2.81. The van der Waals surface area contributed by atoms with Gasteiger partial charge in [0.2, 0.25) is 0 Å². The number of rotatable bonds is 4. The fourth-order valence-electron chi connectivity index (χ4n) is 1.93. The number of pyridine rings is 1. The minimum atomic E-state index is 0.615. The zero-order valence-electron chi connectivity index (χ0n) is 11.1. The summed E-state index contributed by atoms with van der Waals surface area (Å²) in [5, 5.41) is 8.31. The van der Waals surface area contributed by atoms with Crippen LogP contribution in [0.1, 0.15) is 5.69 Å². The maximum Gasteiger partial charge on any atom is 0.118 e. The van der Waals surface area contributed by atoms with Gasteiger partial charge in [0, 0.05) is 11.8 Å². The third-order valence-electron chi connectivity index (χ3n) is 2.97. The van der Waals surface area contributed by atoms with Crippen LogP contribution >= 0.6 is 0 Å². The number of benzene rings is 1. The molecule has 0 saturated carbocycles. The Bertz CT molecular complexity index is 677. The molecule has 0 saturated heterocycles. The van der Waals surface area contributed by atoms with Crippen molar-refractivity contribution in [3.05, 3.63) is 60.6 Å². The van der Waals surface area contributed by atoms with Gasteiger partial charge >= 0.3 is 0 Å². The van der Waals surface area contributed by atoms with Crippen LogP contribution in [-0.2, 0) is 6.54 Å². The van der Waals surface area contributed by atoms with Crippen molar-refractivity contribution in [2.24, 2.45) is 0 Å². The van der Waals surface area contributed by atoms with E-state index in [1.54, 1.807) is 18.0 Å². The van der Waals surface area contributed by atoms with Crippen LogP contribution < -0.4 is 4.74 Å². The Kier molecular flexibility index (Phi) is 3.41. The molecule has 0 amide bonds. The van der Waals surface area contributed by atoms with Crippen molar-refractivity contribution in [2.45, 2.75) is 6.54 Å². The zero-order chi connectivity index (χ0) is 13.8. The number of hydrogen-bond acceptors (Lipinski definition) is 4. The molecule has 2 heterocycles. The molecular weight excluding hydrogens is 252 g/mol. The molecule has 5 nitrogen and oxygen atoms in total. The van der Waals surface area contributed by atoms with Gasteiger partial charge < -0.3 is 4.74 Å². The summed E-state index contributed by atoms with van der Waals surface area (Å²) >= 11 is 0. The summed E-state index contributed by atoms with van der Waals surface area (Å²) < 4.78 is 6.92. The third kappa shape index (κ3) is 2.66. The molecule has 20 heavy (non-hydrogen) atoms. The van der Waals surface area contributed by atoms with Crippen molar-refractivity contribution in [3.8, 4) is 17.0 Å². The molecule has 0 aliphatic carbocycles. The van der Waals surface area contributed by atoms with Crippen LogP contribution in [0.4, 0.5) is 0 Å². The van der Waals surface area contributed by atoms with E-state index in [1.165, 1.54) is 0 Å². The summed E-state index contributed by atoms with van der Waals surface area (Å²) in [6.45, 7) is 0.615. The first-order chi connectivity index (χ1) is 9.85. The Morgan fingerprint density at radius 2 is 1.95 bits per heavy atom. The first-order valence-electron chi connectivity index (χ1n) is 6.29. The van der Waals surface area contributed by atoms with Crippen molar-refractivity contribution in [3.63, 3.8) is 0 Å². The highest BCUT2D eigenvalue weighted by Crippen LogP contribution is 2.20. The van der Waals surface area contributed by atoms with Gasteiger partial charge in [0.05, 0.1) is 25.5 Å². The standard InChI is InChI=1S/C15H14N4O/c1-20-14-7-5-12(6-8-14)15-11-19(18-17-15)10-13-4-2-3-9-16-13/h2-9,11H,10H2,1H3. The molecule has 0 atom stereocenters. The highest BCUT2D eigenvalue weighted by atomic mass is 16.5. The summed E-state index contributed by atoms with van der Waals surface area (Å²) in [6.07, 6.45) is 3.69. The molecule has 0 N–H and O–H groups in total. The van der Waals surface area contributed by atoms with E-state index in [0.29, 0.717) is 6.54 Å². The van der Waals surface area contributed by atoms with Gasteiger partial charge in [-0.1, -0.05) is 11.3 Å². The molecule has 3 rings (SSSR count). The van der Waals surface area contributed by atoms with E-state index in [9.17, 15) is 0 Å². The van der Waals surface area contributed by atoms with E-state index in [2.05, 4.69) is 15.3 Å². The fourth-order valence-corrected chi connectivity index (χ4v) is 1.93. The Balaban J connectivity index is 1.79. The molecule has 0 bridgehead atoms. The number of hydrogen-bond donors (Lipinski definition) is 0. The lowest BCUT2D eigenvalue weighted by molar-refractivity contribution is 0.415. The summed E-state index contributed by atoms with van der Waals surface area (Å²) in [4.78, 5) is 4.27. The van der Waals surface area contributed by atoms with Crippen LogP contribution in [0.25, 0.3) is 11.3 Å². The lowest BCUT2D eigenvalue weighted by Gasteiger charge is -2.00. The maximum absolute atomic E-state index is 5.14. The van der Waals surface area contributed by atoms with Crippen LogP contribution in [0.5, 0.6) is 5.75 Å². The normalized spacial score (nSPS) is 10.4. The van der Waals surface area contributed by atoms with Crippen LogP contribution in [-0.4, -0.2) is 27.1 Å². The monoisotopic (exact) mass is 266 g/mol. The second kappa shape index (κ2) is 5.52. The van der Waals surface area contributed by atoms with Crippen LogP contribution in [0, 0.1) is 0 Å². The molecule has 100 valence electrons. The SMILES string of the molecule is COc1ccc(-c2cn(Cc3ccccn3)nn2)cc1. The Morgan fingerprint density at radius 1 is 1.10 bits per heavy atom. The van der Waals surface area contributed by atoms with Crippen molar-refractivity contribution in [1.29, 1.82) is 0 Å². The molecule has 0 radical (unpaired) electrons. The average Bonchev–Trinajstić information content (AvgIpc) is 2.97. The first-order valence-corrected chi connectivity index (χ1v) is 6.29. The quantitative estimate of drug-likeness (QED) is 0.727. The molecule has 3 aromatic rings. The molecule has 0 fully saturated rings. The largest absolute Gasteiger partial charge is 0.497 e. The van der Waals surface area contributed by atoms with Gasteiger partial charge in [-0.2, -0.15) is 0 Å². The molecule has 5 heteroatoms. The van der Waals surface area contributed by atoms with Gasteiger partial charge in [0.15, 0.2) is 0 Å². The lowest BCUT2D eigenvalue weighted by atomic mass is 10.2. The smallest absolute Gasteiger partial charge is 0.118 e. The van der Waals surface area contributed by atoms with E-state index >= 15 is 0 Å². The topological polar surface area (TPSA) is 52.8 Å². The molecule has 2 aromatic heterocycles. The highest BCUT2D eigenvalue weighted by Gasteiger charge is 2.05. The fraction of sp³-hybridized carbons (Fsp3) is 0.133. The molecule has 0 aliphatic rings. The molecule has 0 aliphatic heterocycles. The van der Waals surface area contributed by atoms with E-state index < -0.39 is 0 Å². The van der Waals surface area contributed by atoms with E-state index in [0.717, 1.165) is 22.7 Å². The number of methoxy groups -OCH3 is 1. The molecule has 1 aromatic carbocycles. The maximum atomic E-state index is 5.14. The first kappa shape index (κ1) is 12.3. The van der Waals surface area contributed by atoms with E-state index in [1.807, 2.05) is 48.7 Å². The average molecular weight is 266 g/mol. The van der Waals surface area contributed by atoms with Crippen molar-refractivity contribution in [1.82, 2.24) is 20.0 Å². The van der Waals surface area contributed by atoms with E-state index in [-0.39, 0.29) is 0 Å². The number of ether oxygens (including phenoxy) is 1. The van der Waals surface area contributed by atoms with E-state index in [4.69, 9.17) is 4.74 Å². The minimum absolute atomic E-state index is 0.615. The molecule has 0 spiro atoms. The predicted octanol–water partition coefficient (Wildman–Crippen LogP) is 2.40. The summed E-state index contributed by atoms with van der Waals surface area (Å²) in [6, 6.07) is 13.6. The minimum Gasteiger partial charge on any atom is -0.497 e. The van der Waals surface area contributed by atoms with Crippen LogP contribution in [0.15, 0.2) is 54.9 Å². The summed E-state index contributed by atoms with van der Waals surface area (Å²) in [7, 11) is 1.65. The summed E-state index contributed by atoms with van der Waals surface area (Å²) in [5.74, 6) is 0.828. The lowest BCUT2D eigenvalue weighted by Crippen LogP contribution is -2.01. The van der Waals surface area contributed by atoms with Crippen molar-refractivity contribution < 1.29 is 4.74 Å². The van der Waals surface area contributed by atoms with Gasteiger partial charge in [0.25, 0.3) is 0 Å². The number of aromatic nitrogens is 4. The van der Waals surface area contributed by atoms with Crippen molar-refractivity contribution in [2.75, 3.05) is 7.11 Å². The molecular formula is C15H14N4O. The third-order valence-corrected chi connectivity index (χ3v) is 2.97. The zero-order valence-corrected chi connectivity index (χ0v) is 11.1. The van der Waals surface area contributed by atoms with Crippen LogP contribution in [0.3, 0.4) is 0 Å². The number of nitrogens with zero attached hydrogens (tertiary/aromatic N) is 4. The predicted molar refractivity (Wildman–Crippen MR) is 75.3 cm³/mol. The van der Waals surface area contributed by atoms with Crippen LogP contribution in [0.2, 0.25) is 0 Å². The van der Waals surface area contributed by atoms with Gasteiger partial charge in [-0.3, -0.25) is 4.98 Å². The Labute approximate surface area is 116 Å². The van der Waals surface area contributed by atoms with Gasteiger partial charge in [-0.15, -0.1) is 5.10 Å². The van der Waals surface area contributed by atoms with Gasteiger partial charge in [0.1, 0.15) is 11.4 Å². The molecule has 0 unspecified atom stereocenters. The Morgan fingerprint density at radius 3 is 2.65 bits per heavy atom.